The highest BCUT2D eigenvalue weighted by atomic mass is 16.7. The van der Waals surface area contributed by atoms with E-state index in [9.17, 15) is 0 Å². The largest absolute Gasteiger partial charge is 0.454 e. The number of aryl methyl sites for hydroxylation is 1. The van der Waals surface area contributed by atoms with Crippen LogP contribution in [0.3, 0.4) is 0 Å². The molecule has 2 heterocycles. The minimum Gasteiger partial charge on any atom is -0.454 e. The smallest absolute Gasteiger partial charge is 0.231 e. The summed E-state index contributed by atoms with van der Waals surface area (Å²) in [5, 5.41) is 6.98. The quantitative estimate of drug-likeness (QED) is 0.874. The van der Waals surface area contributed by atoms with Crippen LogP contribution in [-0.4, -0.2) is 26.9 Å². The highest BCUT2D eigenvalue weighted by Gasteiger charge is 2.27. The first-order valence-electron chi connectivity index (χ1n) is 7.07. The van der Waals surface area contributed by atoms with Gasteiger partial charge in [0.1, 0.15) is 0 Å². The summed E-state index contributed by atoms with van der Waals surface area (Å²) >= 11 is 0. The minimum absolute atomic E-state index is 0.341. The van der Waals surface area contributed by atoms with Crippen LogP contribution in [-0.2, 0) is 0 Å². The monoisotopic (exact) mass is 262 g/mol. The fourth-order valence-corrected chi connectivity index (χ4v) is 3.20. The van der Waals surface area contributed by atoms with Gasteiger partial charge in [0.2, 0.25) is 6.79 Å². The topological polar surface area (TPSA) is 42.5 Å². The molecule has 3 rings (SSSR count). The Labute approximate surface area is 114 Å². The van der Waals surface area contributed by atoms with E-state index in [0.717, 1.165) is 24.6 Å². The van der Waals surface area contributed by atoms with Crippen LogP contribution in [0.15, 0.2) is 12.1 Å². The molecule has 2 unspecified atom stereocenters. The van der Waals surface area contributed by atoms with Gasteiger partial charge in [-0.1, -0.05) is 0 Å². The number of ether oxygens (including phenoxy) is 2. The minimum atomic E-state index is 0.341. The van der Waals surface area contributed by atoms with Crippen molar-refractivity contribution in [2.45, 2.75) is 25.8 Å². The number of nitrogens with one attached hydrogen (secondary N) is 2. The van der Waals surface area contributed by atoms with Crippen molar-refractivity contribution in [3.05, 3.63) is 23.3 Å². The van der Waals surface area contributed by atoms with Gasteiger partial charge >= 0.3 is 0 Å². The van der Waals surface area contributed by atoms with Crippen molar-refractivity contribution >= 4 is 0 Å². The lowest BCUT2D eigenvalue weighted by atomic mass is 9.85. The van der Waals surface area contributed by atoms with Gasteiger partial charge in [-0.3, -0.25) is 0 Å². The van der Waals surface area contributed by atoms with E-state index in [2.05, 4.69) is 29.7 Å². The number of piperidine rings is 1. The van der Waals surface area contributed by atoms with Crippen molar-refractivity contribution in [1.82, 2.24) is 10.6 Å². The Morgan fingerprint density at radius 3 is 2.79 bits per heavy atom. The third-order valence-corrected chi connectivity index (χ3v) is 4.21. The summed E-state index contributed by atoms with van der Waals surface area (Å²) in [7, 11) is 2.04. The van der Waals surface area contributed by atoms with Gasteiger partial charge < -0.3 is 20.1 Å². The van der Waals surface area contributed by atoms with Crippen molar-refractivity contribution in [2.24, 2.45) is 5.92 Å². The predicted molar refractivity (Wildman–Crippen MR) is 74.7 cm³/mol. The Morgan fingerprint density at radius 2 is 2.11 bits per heavy atom. The maximum Gasteiger partial charge on any atom is 0.231 e. The molecule has 1 aromatic carbocycles. The van der Waals surface area contributed by atoms with Crippen molar-refractivity contribution in [1.29, 1.82) is 0 Å². The highest BCUT2D eigenvalue weighted by Crippen LogP contribution is 2.38. The molecule has 4 heteroatoms. The zero-order valence-corrected chi connectivity index (χ0v) is 11.7. The Kier molecular flexibility index (Phi) is 3.62. The van der Waals surface area contributed by atoms with Crippen molar-refractivity contribution in [3.8, 4) is 11.5 Å². The zero-order valence-electron chi connectivity index (χ0n) is 11.7. The average Bonchev–Trinajstić information content (AvgIpc) is 2.88. The SMILES string of the molecule is CNC(c1cc2c(cc1C)OCO2)C1CCCNC1. The molecule has 0 spiro atoms. The molecule has 0 aliphatic carbocycles. The van der Waals surface area contributed by atoms with Gasteiger partial charge in [-0.25, -0.2) is 0 Å². The third kappa shape index (κ3) is 2.42. The van der Waals surface area contributed by atoms with Gasteiger partial charge in [0.05, 0.1) is 0 Å². The number of rotatable bonds is 3. The van der Waals surface area contributed by atoms with Gasteiger partial charge in [0, 0.05) is 6.04 Å². The molecule has 2 N–H and O–H groups in total. The predicted octanol–water partition coefficient (Wildman–Crippen LogP) is 1.98. The molecule has 1 fully saturated rings. The average molecular weight is 262 g/mol. The lowest BCUT2D eigenvalue weighted by Gasteiger charge is -2.32. The van der Waals surface area contributed by atoms with E-state index >= 15 is 0 Å². The summed E-state index contributed by atoms with van der Waals surface area (Å²) < 4.78 is 10.9. The Hall–Kier alpha value is -1.26. The number of hydrogen-bond donors (Lipinski definition) is 2. The molecule has 0 saturated carbocycles. The van der Waals surface area contributed by atoms with Crippen molar-refractivity contribution < 1.29 is 9.47 Å². The summed E-state index contributed by atoms with van der Waals surface area (Å²) in [5.74, 6) is 2.39. The van der Waals surface area contributed by atoms with Crippen LogP contribution >= 0.6 is 0 Å². The second kappa shape index (κ2) is 5.39. The first-order valence-corrected chi connectivity index (χ1v) is 7.07. The van der Waals surface area contributed by atoms with Crippen LogP contribution < -0.4 is 20.1 Å². The molecule has 0 radical (unpaired) electrons. The highest BCUT2D eigenvalue weighted by molar-refractivity contribution is 5.49. The van der Waals surface area contributed by atoms with E-state index in [1.807, 2.05) is 7.05 Å². The molecule has 1 saturated heterocycles. The van der Waals surface area contributed by atoms with Crippen LogP contribution in [0.2, 0.25) is 0 Å². The molecule has 2 aliphatic rings. The summed E-state index contributed by atoms with van der Waals surface area (Å²) in [6.45, 7) is 4.72. The number of fused-ring (bicyclic) bond motifs is 1. The van der Waals surface area contributed by atoms with Crippen LogP contribution in [0, 0.1) is 12.8 Å². The van der Waals surface area contributed by atoms with Crippen LogP contribution in [0.5, 0.6) is 11.5 Å². The summed E-state index contributed by atoms with van der Waals surface area (Å²) in [6, 6.07) is 4.62. The number of benzene rings is 1. The zero-order chi connectivity index (χ0) is 13.2. The van der Waals surface area contributed by atoms with Crippen LogP contribution in [0.4, 0.5) is 0 Å². The fourth-order valence-electron chi connectivity index (χ4n) is 3.20. The van der Waals surface area contributed by atoms with E-state index < -0.39 is 0 Å². The van der Waals surface area contributed by atoms with Crippen molar-refractivity contribution in [2.75, 3.05) is 26.9 Å². The molecule has 19 heavy (non-hydrogen) atoms. The first-order chi connectivity index (χ1) is 9.29. The Morgan fingerprint density at radius 1 is 1.32 bits per heavy atom. The van der Waals surface area contributed by atoms with E-state index in [-0.39, 0.29) is 0 Å². The molecule has 2 aliphatic heterocycles. The Bertz CT molecular complexity index is 456. The summed E-state index contributed by atoms with van der Waals surface area (Å²) in [5.41, 5.74) is 2.61. The van der Waals surface area contributed by atoms with Gasteiger partial charge in [-0.15, -0.1) is 0 Å². The molecule has 0 amide bonds. The fraction of sp³-hybridized carbons (Fsp3) is 0.600. The maximum atomic E-state index is 5.51. The Balaban J connectivity index is 1.90. The van der Waals surface area contributed by atoms with E-state index in [0.29, 0.717) is 18.8 Å². The second-order valence-corrected chi connectivity index (χ2v) is 5.43. The second-order valence-electron chi connectivity index (χ2n) is 5.43. The molecule has 0 bridgehead atoms. The van der Waals surface area contributed by atoms with Gasteiger partial charge in [-0.2, -0.15) is 0 Å². The van der Waals surface area contributed by atoms with E-state index in [1.54, 1.807) is 0 Å². The standard InChI is InChI=1S/C15H22N2O2/c1-10-6-13-14(19-9-18-13)7-12(10)15(16-2)11-4-3-5-17-8-11/h6-7,11,15-17H,3-5,8-9H2,1-2H3. The van der Waals surface area contributed by atoms with Crippen molar-refractivity contribution in [3.63, 3.8) is 0 Å². The maximum absolute atomic E-state index is 5.51. The summed E-state index contributed by atoms with van der Waals surface area (Å²) in [4.78, 5) is 0. The molecule has 1 aromatic rings. The molecule has 0 aromatic heterocycles. The number of hydrogen-bond acceptors (Lipinski definition) is 4. The molecule has 104 valence electrons. The summed E-state index contributed by atoms with van der Waals surface area (Å²) in [6.07, 6.45) is 2.53. The van der Waals surface area contributed by atoms with Gasteiger partial charge in [-0.05, 0) is 69.1 Å². The molecular weight excluding hydrogens is 240 g/mol. The lowest BCUT2D eigenvalue weighted by molar-refractivity contribution is 0.174. The van der Waals surface area contributed by atoms with E-state index in [4.69, 9.17) is 9.47 Å². The van der Waals surface area contributed by atoms with Gasteiger partial charge in [0.25, 0.3) is 0 Å². The van der Waals surface area contributed by atoms with Crippen LogP contribution in [0.25, 0.3) is 0 Å². The van der Waals surface area contributed by atoms with Gasteiger partial charge in [0.15, 0.2) is 11.5 Å². The first kappa shape index (κ1) is 12.8. The molecule has 2 atom stereocenters. The van der Waals surface area contributed by atoms with Crippen LogP contribution in [0.1, 0.15) is 30.0 Å². The molecular formula is C15H22N2O2. The third-order valence-electron chi connectivity index (χ3n) is 4.21. The van der Waals surface area contributed by atoms with E-state index in [1.165, 1.54) is 24.0 Å². The lowest BCUT2D eigenvalue weighted by Crippen LogP contribution is -2.37. The normalized spacial score (nSPS) is 23.4. The molecule has 4 nitrogen and oxygen atoms in total.